The Morgan fingerprint density at radius 3 is 2.48 bits per heavy atom. The molecular weight excluding hydrogens is 448 g/mol. The van der Waals surface area contributed by atoms with E-state index in [1.807, 2.05) is 0 Å². The van der Waals surface area contributed by atoms with Gasteiger partial charge in [0.15, 0.2) is 12.4 Å². The van der Waals surface area contributed by atoms with Crippen LogP contribution in [-0.4, -0.2) is 60.4 Å². The van der Waals surface area contributed by atoms with Crippen LogP contribution < -0.4 is 5.32 Å². The largest absolute Gasteiger partial charge is 0.454 e. The summed E-state index contributed by atoms with van der Waals surface area (Å²) in [5.74, 6) is -1.49. The highest BCUT2D eigenvalue weighted by Crippen LogP contribution is 2.25. The van der Waals surface area contributed by atoms with Gasteiger partial charge in [-0.15, -0.1) is 0 Å². The lowest BCUT2D eigenvalue weighted by Gasteiger charge is -2.34. The number of rotatable bonds is 7. The number of nitrogens with zero attached hydrogens (tertiary/aromatic N) is 1. The first-order chi connectivity index (χ1) is 15.9. The first-order valence-electron chi connectivity index (χ1n) is 10.7. The van der Waals surface area contributed by atoms with Crippen LogP contribution in [0.15, 0.2) is 48.5 Å². The zero-order valence-electron chi connectivity index (χ0n) is 17.8. The monoisotopic (exact) mass is 470 g/mol. The molecule has 2 fully saturated rings. The maximum atomic E-state index is 12.5. The predicted molar refractivity (Wildman–Crippen MR) is 120 cm³/mol. The molecule has 0 bridgehead atoms. The van der Waals surface area contributed by atoms with Gasteiger partial charge in [0.25, 0.3) is 5.91 Å². The van der Waals surface area contributed by atoms with Crippen molar-refractivity contribution in [2.45, 2.75) is 31.4 Å². The van der Waals surface area contributed by atoms with Gasteiger partial charge in [0.1, 0.15) is 6.10 Å². The average Bonchev–Trinajstić information content (AvgIpc) is 3.30. The molecule has 2 aromatic rings. The van der Waals surface area contributed by atoms with Gasteiger partial charge in [-0.1, -0.05) is 11.6 Å². The summed E-state index contributed by atoms with van der Waals surface area (Å²) in [5.41, 5.74) is 1.10. The average molecular weight is 471 g/mol. The van der Waals surface area contributed by atoms with Gasteiger partial charge in [-0.05, 0) is 61.4 Å². The molecule has 2 amide bonds. The van der Waals surface area contributed by atoms with Gasteiger partial charge in [-0.2, -0.15) is 0 Å². The minimum atomic E-state index is -0.772. The molecule has 33 heavy (non-hydrogen) atoms. The van der Waals surface area contributed by atoms with E-state index in [1.54, 1.807) is 41.3 Å². The van der Waals surface area contributed by atoms with Crippen molar-refractivity contribution in [3.8, 4) is 0 Å². The maximum Gasteiger partial charge on any atom is 0.338 e. The highest BCUT2D eigenvalue weighted by Gasteiger charge is 2.39. The molecule has 0 aliphatic carbocycles. The maximum absolute atomic E-state index is 12.5. The Bertz CT molecular complexity index is 1050. The zero-order chi connectivity index (χ0) is 23.4. The van der Waals surface area contributed by atoms with Crippen LogP contribution in [0.4, 0.5) is 5.69 Å². The summed E-state index contributed by atoms with van der Waals surface area (Å²) in [6, 6.07) is 12.5. The van der Waals surface area contributed by atoms with Crippen molar-refractivity contribution in [1.29, 1.82) is 0 Å². The van der Waals surface area contributed by atoms with Crippen molar-refractivity contribution in [2.24, 2.45) is 0 Å². The van der Waals surface area contributed by atoms with Crippen molar-refractivity contribution in [3.63, 3.8) is 0 Å². The summed E-state index contributed by atoms with van der Waals surface area (Å²) in [6.07, 6.45) is 1.06. The summed E-state index contributed by atoms with van der Waals surface area (Å²) < 4.78 is 10.7. The van der Waals surface area contributed by atoms with Gasteiger partial charge < -0.3 is 19.7 Å². The van der Waals surface area contributed by atoms with Crippen molar-refractivity contribution in [1.82, 2.24) is 4.90 Å². The number of ketones is 1. The van der Waals surface area contributed by atoms with Gasteiger partial charge in [-0.25, -0.2) is 4.79 Å². The number of hydrogen-bond acceptors (Lipinski definition) is 6. The quantitative estimate of drug-likeness (QED) is 0.493. The number of Topliss-reactive ketones (excluding diaryl/α,β-unsaturated/α-hetero) is 1. The van der Waals surface area contributed by atoms with E-state index in [0.717, 1.165) is 12.8 Å². The number of fused-ring (bicyclic) bond motifs is 1. The molecule has 0 saturated carbocycles. The SMILES string of the molecule is O=C(CC1OCC2CCCN2C1=O)Nc1ccc(C(=O)OCC(=O)c2ccc(Cl)cc2)cc1. The predicted octanol–water partition coefficient (Wildman–Crippen LogP) is 3.10. The smallest absolute Gasteiger partial charge is 0.338 e. The van der Waals surface area contributed by atoms with Crippen LogP contribution in [0.2, 0.25) is 5.02 Å². The van der Waals surface area contributed by atoms with E-state index in [0.29, 0.717) is 29.4 Å². The second kappa shape index (κ2) is 10.1. The van der Waals surface area contributed by atoms with Crippen molar-refractivity contribution in [2.75, 3.05) is 25.1 Å². The van der Waals surface area contributed by atoms with E-state index in [1.165, 1.54) is 12.1 Å². The molecule has 2 aliphatic rings. The van der Waals surface area contributed by atoms with Gasteiger partial charge in [0.2, 0.25) is 5.91 Å². The third kappa shape index (κ3) is 5.58. The summed E-state index contributed by atoms with van der Waals surface area (Å²) in [5, 5.41) is 3.21. The second-order valence-corrected chi connectivity index (χ2v) is 8.42. The molecule has 2 unspecified atom stereocenters. The molecule has 1 N–H and O–H groups in total. The summed E-state index contributed by atoms with van der Waals surface area (Å²) >= 11 is 5.80. The van der Waals surface area contributed by atoms with Crippen LogP contribution in [0.3, 0.4) is 0 Å². The molecule has 0 radical (unpaired) electrons. The number of halogens is 1. The minimum Gasteiger partial charge on any atom is -0.454 e. The molecule has 2 aromatic carbocycles. The molecule has 2 aliphatic heterocycles. The van der Waals surface area contributed by atoms with Crippen LogP contribution in [0.1, 0.15) is 40.0 Å². The topological polar surface area (TPSA) is 102 Å². The standard InChI is InChI=1S/C24H23ClN2O6/c25-17-7-3-15(4-8-17)20(28)14-33-24(31)16-5-9-18(10-6-16)26-22(29)12-21-23(30)27-11-1-2-19(27)13-32-21/h3-10,19,21H,1-2,11-14H2,(H,26,29). The fraction of sp³-hybridized carbons (Fsp3) is 0.333. The summed E-state index contributed by atoms with van der Waals surface area (Å²) in [6.45, 7) is 0.779. The number of ether oxygens (including phenoxy) is 2. The Morgan fingerprint density at radius 1 is 1.06 bits per heavy atom. The minimum absolute atomic E-state index is 0.0708. The molecule has 2 heterocycles. The number of amides is 2. The van der Waals surface area contributed by atoms with Gasteiger partial charge >= 0.3 is 5.97 Å². The van der Waals surface area contributed by atoms with Crippen LogP contribution in [0.25, 0.3) is 0 Å². The number of anilines is 1. The van der Waals surface area contributed by atoms with E-state index in [-0.39, 0.29) is 35.6 Å². The van der Waals surface area contributed by atoms with Crippen LogP contribution >= 0.6 is 11.6 Å². The highest BCUT2D eigenvalue weighted by atomic mass is 35.5. The van der Waals surface area contributed by atoms with E-state index < -0.39 is 18.7 Å². The van der Waals surface area contributed by atoms with E-state index >= 15 is 0 Å². The summed E-state index contributed by atoms with van der Waals surface area (Å²) in [7, 11) is 0. The van der Waals surface area contributed by atoms with Gasteiger partial charge in [-0.3, -0.25) is 14.4 Å². The van der Waals surface area contributed by atoms with Crippen molar-refractivity contribution in [3.05, 3.63) is 64.7 Å². The molecule has 4 rings (SSSR count). The lowest BCUT2D eigenvalue weighted by molar-refractivity contribution is -0.158. The lowest BCUT2D eigenvalue weighted by atomic mass is 10.1. The van der Waals surface area contributed by atoms with Crippen molar-refractivity contribution >= 4 is 40.9 Å². The second-order valence-electron chi connectivity index (χ2n) is 7.99. The van der Waals surface area contributed by atoms with Gasteiger partial charge in [0.05, 0.1) is 24.6 Å². The Balaban J connectivity index is 1.25. The molecule has 8 nitrogen and oxygen atoms in total. The molecule has 2 saturated heterocycles. The Kier molecular flexibility index (Phi) is 7.05. The molecular formula is C24H23ClN2O6. The number of carbonyl (C=O) groups is 4. The summed E-state index contributed by atoms with van der Waals surface area (Å²) in [4.78, 5) is 51.0. The Labute approximate surface area is 195 Å². The molecule has 9 heteroatoms. The van der Waals surface area contributed by atoms with E-state index in [4.69, 9.17) is 21.1 Å². The van der Waals surface area contributed by atoms with Crippen molar-refractivity contribution < 1.29 is 28.7 Å². The Morgan fingerprint density at radius 2 is 1.76 bits per heavy atom. The number of nitrogens with one attached hydrogen (secondary N) is 1. The number of benzene rings is 2. The third-order valence-corrected chi connectivity index (χ3v) is 5.95. The number of hydrogen-bond donors (Lipinski definition) is 1. The van der Waals surface area contributed by atoms with Crippen LogP contribution in [0, 0.1) is 0 Å². The lowest BCUT2D eigenvalue weighted by Crippen LogP contribution is -2.51. The van der Waals surface area contributed by atoms with Gasteiger partial charge in [0, 0.05) is 22.8 Å². The first-order valence-corrected chi connectivity index (χ1v) is 11.1. The molecule has 2 atom stereocenters. The van der Waals surface area contributed by atoms with Crippen LogP contribution in [-0.2, 0) is 19.1 Å². The fourth-order valence-electron chi connectivity index (χ4n) is 3.93. The van der Waals surface area contributed by atoms with E-state index in [2.05, 4.69) is 5.32 Å². The van der Waals surface area contributed by atoms with E-state index in [9.17, 15) is 19.2 Å². The molecule has 172 valence electrons. The first kappa shape index (κ1) is 22.9. The third-order valence-electron chi connectivity index (χ3n) is 5.70. The number of carbonyl (C=O) groups excluding carboxylic acids is 4. The fourth-order valence-corrected chi connectivity index (χ4v) is 4.06. The zero-order valence-corrected chi connectivity index (χ0v) is 18.5. The number of morpholine rings is 1. The normalized spacial score (nSPS) is 19.7. The van der Waals surface area contributed by atoms with Crippen LogP contribution in [0.5, 0.6) is 0 Å². The number of esters is 1. The Hall–Kier alpha value is -3.23. The molecule has 0 aromatic heterocycles. The highest BCUT2D eigenvalue weighted by molar-refractivity contribution is 6.30. The molecule has 0 spiro atoms.